The fraction of sp³-hybridized carbons (Fsp3) is 0.425. The van der Waals surface area contributed by atoms with Crippen LogP contribution in [0.4, 0.5) is 19.0 Å². The third-order valence-electron chi connectivity index (χ3n) is 10.5. The standard InChI is InChI=1S/C40H44ClF3N8O4/c1-55-38-22(18-45-20-24-10-13-33(53)48-24)9-12-32(51-38)29-15-16-47-36(35(29)41)28-7-3-6-27-26(28)5-4-8-31(27)50-37-30(40(42,43)44)17-23(39(52-37)56-2)19-46-21-25-11-14-34(54)49-25/h3,6-7,9,12,15-17,24-25,31,45-46H,4-5,8,10-11,13-14,18-21H2,1-2H3,(H,48,53)(H,49,54)(H,50,52)/t24-,25+,31+/m1/s1. The molecule has 12 nitrogen and oxygen atoms in total. The number of amides is 2. The van der Waals surface area contributed by atoms with Gasteiger partial charge in [0.15, 0.2) is 0 Å². The van der Waals surface area contributed by atoms with Crippen molar-refractivity contribution in [2.75, 3.05) is 32.6 Å². The topological polar surface area (TPSA) is 151 Å². The van der Waals surface area contributed by atoms with Gasteiger partial charge in [-0.05, 0) is 61.4 Å². The molecule has 16 heteroatoms. The van der Waals surface area contributed by atoms with Crippen LogP contribution in [0, 0.1) is 0 Å². The van der Waals surface area contributed by atoms with Gasteiger partial charge in [0.1, 0.15) is 5.82 Å². The van der Waals surface area contributed by atoms with Gasteiger partial charge >= 0.3 is 6.18 Å². The van der Waals surface area contributed by atoms with Gasteiger partial charge in [-0.25, -0.2) is 4.98 Å². The normalized spacial score (nSPS) is 19.4. The Kier molecular flexibility index (Phi) is 11.9. The van der Waals surface area contributed by atoms with Crippen molar-refractivity contribution in [2.24, 2.45) is 0 Å². The summed E-state index contributed by atoms with van der Waals surface area (Å²) in [5.74, 6) is 0.242. The Bertz CT molecular complexity index is 2100. The zero-order valence-corrected chi connectivity index (χ0v) is 31.9. The third-order valence-corrected chi connectivity index (χ3v) is 10.9. The van der Waals surface area contributed by atoms with Crippen molar-refractivity contribution >= 4 is 29.2 Å². The van der Waals surface area contributed by atoms with Crippen LogP contribution in [0.25, 0.3) is 22.5 Å². The number of nitrogens with one attached hydrogen (secondary N) is 5. The molecule has 7 rings (SSSR count). The average molecular weight is 793 g/mol. The molecule has 5 N–H and O–H groups in total. The lowest BCUT2D eigenvalue weighted by Gasteiger charge is -2.30. The van der Waals surface area contributed by atoms with E-state index >= 15 is 0 Å². The van der Waals surface area contributed by atoms with Gasteiger partial charge in [-0.15, -0.1) is 0 Å². The molecule has 0 unspecified atom stereocenters. The van der Waals surface area contributed by atoms with E-state index in [9.17, 15) is 22.8 Å². The van der Waals surface area contributed by atoms with Gasteiger partial charge in [-0.3, -0.25) is 14.6 Å². The minimum Gasteiger partial charge on any atom is -0.481 e. The number of alkyl halides is 3. The molecule has 56 heavy (non-hydrogen) atoms. The molecule has 0 spiro atoms. The van der Waals surface area contributed by atoms with Crippen molar-refractivity contribution in [1.29, 1.82) is 0 Å². The highest BCUT2D eigenvalue weighted by molar-refractivity contribution is 6.35. The molecular formula is C40H44ClF3N8O4. The largest absolute Gasteiger partial charge is 0.481 e. The van der Waals surface area contributed by atoms with Crippen LogP contribution in [0.5, 0.6) is 11.8 Å². The number of carbonyl (C=O) groups is 2. The molecule has 1 aromatic carbocycles. The van der Waals surface area contributed by atoms with E-state index in [2.05, 4.69) is 36.6 Å². The summed E-state index contributed by atoms with van der Waals surface area (Å²) in [4.78, 5) is 36.9. The van der Waals surface area contributed by atoms with Crippen LogP contribution in [-0.4, -0.2) is 66.2 Å². The first-order valence-electron chi connectivity index (χ1n) is 18.7. The Morgan fingerprint density at radius 2 is 1.52 bits per heavy atom. The summed E-state index contributed by atoms with van der Waals surface area (Å²) in [6.45, 7) is 1.63. The molecule has 0 bridgehead atoms. The van der Waals surface area contributed by atoms with Gasteiger partial charge in [0.2, 0.25) is 23.6 Å². The molecule has 3 aromatic heterocycles. The third kappa shape index (κ3) is 8.69. The van der Waals surface area contributed by atoms with E-state index in [1.807, 2.05) is 30.3 Å². The molecule has 4 aromatic rings. The summed E-state index contributed by atoms with van der Waals surface area (Å²) in [6.07, 6.45) is 1.38. The Hall–Kier alpha value is -4.99. The highest BCUT2D eigenvalue weighted by atomic mass is 35.5. The van der Waals surface area contributed by atoms with Crippen LogP contribution in [0.2, 0.25) is 5.02 Å². The second kappa shape index (κ2) is 17.0. The SMILES string of the molecule is COc1nc(-c2ccnc(-c3cccc4c3CCC[C@@H]4Nc3nc(OC)c(CNC[C@@H]4CCC(=O)N4)cc3C(F)(F)F)c2Cl)ccc1CNC[C@H]1CCC(=O)N1. The van der Waals surface area contributed by atoms with E-state index in [1.54, 1.807) is 19.4 Å². The first kappa shape index (κ1) is 39.3. The molecule has 2 saturated heterocycles. The van der Waals surface area contributed by atoms with Crippen molar-refractivity contribution in [3.63, 3.8) is 0 Å². The van der Waals surface area contributed by atoms with Gasteiger partial charge < -0.3 is 36.1 Å². The second-order valence-corrected chi connectivity index (χ2v) is 14.6. The predicted octanol–water partition coefficient (Wildman–Crippen LogP) is 6.12. The minimum atomic E-state index is -4.69. The van der Waals surface area contributed by atoms with Gasteiger partial charge in [0, 0.05) is 79.6 Å². The lowest BCUT2D eigenvalue weighted by molar-refractivity contribution is -0.137. The van der Waals surface area contributed by atoms with Crippen LogP contribution in [0.1, 0.15) is 72.4 Å². The number of aromatic nitrogens is 3. The van der Waals surface area contributed by atoms with Crippen LogP contribution >= 0.6 is 11.6 Å². The number of nitrogens with zero attached hydrogens (tertiary/aromatic N) is 3. The number of hydrogen-bond acceptors (Lipinski definition) is 10. The first-order chi connectivity index (χ1) is 27.0. The maximum Gasteiger partial charge on any atom is 0.419 e. The summed E-state index contributed by atoms with van der Waals surface area (Å²) in [7, 11) is 2.94. The van der Waals surface area contributed by atoms with Crippen molar-refractivity contribution in [2.45, 2.75) is 82.3 Å². The van der Waals surface area contributed by atoms with Gasteiger partial charge in [-0.1, -0.05) is 35.9 Å². The highest BCUT2D eigenvalue weighted by Crippen LogP contribution is 2.43. The van der Waals surface area contributed by atoms with E-state index in [-0.39, 0.29) is 47.7 Å². The predicted molar refractivity (Wildman–Crippen MR) is 205 cm³/mol. The van der Waals surface area contributed by atoms with Gasteiger partial charge in [0.05, 0.1) is 42.2 Å². The maximum atomic E-state index is 14.6. The van der Waals surface area contributed by atoms with Crippen molar-refractivity contribution in [3.05, 3.63) is 81.5 Å². The fourth-order valence-corrected chi connectivity index (χ4v) is 8.05. The average Bonchev–Trinajstić information content (AvgIpc) is 3.81. The number of hydrogen-bond donors (Lipinski definition) is 5. The van der Waals surface area contributed by atoms with E-state index in [1.165, 1.54) is 7.11 Å². The van der Waals surface area contributed by atoms with E-state index in [4.69, 9.17) is 26.1 Å². The Labute approximate surface area is 327 Å². The molecule has 5 heterocycles. The lowest BCUT2D eigenvalue weighted by atomic mass is 9.83. The zero-order chi connectivity index (χ0) is 39.4. The lowest BCUT2D eigenvalue weighted by Crippen LogP contribution is -2.35. The van der Waals surface area contributed by atoms with Gasteiger partial charge in [0.25, 0.3) is 0 Å². The molecule has 2 amide bonds. The fourth-order valence-electron chi connectivity index (χ4n) is 7.74. The summed E-state index contributed by atoms with van der Waals surface area (Å²) < 4.78 is 54.9. The molecule has 2 aliphatic heterocycles. The van der Waals surface area contributed by atoms with Crippen LogP contribution in [0.15, 0.2) is 48.7 Å². The molecule has 2 fully saturated rings. The summed E-state index contributed by atoms with van der Waals surface area (Å²) in [6, 6.07) is 11.9. The van der Waals surface area contributed by atoms with Crippen molar-refractivity contribution in [1.82, 2.24) is 36.2 Å². The number of ether oxygens (including phenoxy) is 2. The Balaban J connectivity index is 1.12. The van der Waals surface area contributed by atoms with Gasteiger partial charge in [-0.2, -0.15) is 18.2 Å². The minimum absolute atomic E-state index is 0.0339. The monoisotopic (exact) mass is 792 g/mol. The molecule has 0 saturated carbocycles. The van der Waals surface area contributed by atoms with Crippen LogP contribution in [-0.2, 0) is 35.3 Å². The second-order valence-electron chi connectivity index (χ2n) is 14.3. The van der Waals surface area contributed by atoms with E-state index < -0.39 is 17.8 Å². The summed E-state index contributed by atoms with van der Waals surface area (Å²) in [5, 5.41) is 15.8. The number of benzene rings is 1. The first-order valence-corrected chi connectivity index (χ1v) is 19.1. The maximum absolute atomic E-state index is 14.6. The Morgan fingerprint density at radius 1 is 0.839 bits per heavy atom. The number of rotatable bonds is 14. The van der Waals surface area contributed by atoms with Crippen LogP contribution < -0.4 is 36.1 Å². The van der Waals surface area contributed by atoms with Crippen molar-refractivity contribution < 1.29 is 32.2 Å². The smallest absolute Gasteiger partial charge is 0.419 e. The molecule has 3 atom stereocenters. The molecule has 1 aliphatic carbocycles. The molecule has 3 aliphatic rings. The number of pyridine rings is 3. The summed E-state index contributed by atoms with van der Waals surface area (Å²) >= 11 is 7.11. The van der Waals surface area contributed by atoms with E-state index in [0.717, 1.165) is 34.7 Å². The van der Waals surface area contributed by atoms with E-state index in [0.29, 0.717) is 86.0 Å². The molecular weight excluding hydrogens is 749 g/mol. The Morgan fingerprint density at radius 3 is 2.16 bits per heavy atom. The number of fused-ring (bicyclic) bond motifs is 1. The number of anilines is 1. The number of carbonyl (C=O) groups excluding carboxylic acids is 2. The molecule has 0 radical (unpaired) electrons. The zero-order valence-electron chi connectivity index (χ0n) is 31.1. The van der Waals surface area contributed by atoms with Crippen molar-refractivity contribution in [3.8, 4) is 34.3 Å². The number of halogens is 4. The van der Waals surface area contributed by atoms with Crippen LogP contribution in [0.3, 0.4) is 0 Å². The molecule has 296 valence electrons. The summed E-state index contributed by atoms with van der Waals surface area (Å²) in [5.41, 5.74) is 4.57. The highest BCUT2D eigenvalue weighted by Gasteiger charge is 2.37. The quantitative estimate of drug-likeness (QED) is 0.101. The number of methoxy groups -OCH3 is 2.